The first kappa shape index (κ1) is 16.4. The molecule has 1 aromatic heterocycles. The molecule has 2 aromatic carbocycles. The van der Waals surface area contributed by atoms with Crippen LogP contribution in [0.25, 0.3) is 16.5 Å². The van der Waals surface area contributed by atoms with Crippen molar-refractivity contribution in [3.8, 4) is 11.5 Å². The molecule has 0 saturated carbocycles. The number of ether oxygens (including phenoxy) is 2. The van der Waals surface area contributed by atoms with Crippen LogP contribution >= 0.6 is 0 Å². The van der Waals surface area contributed by atoms with Crippen LogP contribution in [-0.4, -0.2) is 42.2 Å². The van der Waals surface area contributed by atoms with Crippen LogP contribution in [0.15, 0.2) is 54.7 Å². The van der Waals surface area contributed by atoms with Gasteiger partial charge in [-0.2, -0.15) is 0 Å². The summed E-state index contributed by atoms with van der Waals surface area (Å²) in [5, 5.41) is 1.27. The van der Waals surface area contributed by atoms with E-state index in [0.29, 0.717) is 12.4 Å². The molecule has 4 nitrogen and oxygen atoms in total. The Morgan fingerprint density at radius 2 is 2.07 bits per heavy atom. The molecule has 5 heteroatoms. The van der Waals surface area contributed by atoms with Gasteiger partial charge in [-0.3, -0.25) is 4.90 Å². The summed E-state index contributed by atoms with van der Waals surface area (Å²) in [7, 11) is 0. The average molecular weight is 364 g/mol. The van der Waals surface area contributed by atoms with Crippen molar-refractivity contribution >= 4 is 16.5 Å². The molecule has 5 rings (SSSR count). The Morgan fingerprint density at radius 3 is 2.96 bits per heavy atom. The quantitative estimate of drug-likeness (QED) is 0.755. The molecule has 0 fully saturated rings. The number of para-hydroxylation sites is 2. The highest BCUT2D eigenvalue weighted by molar-refractivity contribution is 5.92. The van der Waals surface area contributed by atoms with Gasteiger partial charge in [0.05, 0.1) is 0 Å². The van der Waals surface area contributed by atoms with E-state index in [1.807, 2.05) is 6.07 Å². The fourth-order valence-corrected chi connectivity index (χ4v) is 3.94. The summed E-state index contributed by atoms with van der Waals surface area (Å²) < 4.78 is 25.5. The molecule has 0 spiro atoms. The number of nitrogens with zero attached hydrogens (tertiary/aromatic N) is 1. The van der Waals surface area contributed by atoms with E-state index in [1.165, 1.54) is 28.1 Å². The Hall–Kier alpha value is -2.79. The van der Waals surface area contributed by atoms with Gasteiger partial charge in [0.1, 0.15) is 12.7 Å². The minimum Gasteiger partial charge on any atom is -0.486 e. The van der Waals surface area contributed by atoms with Crippen molar-refractivity contribution in [2.45, 2.75) is 12.5 Å². The van der Waals surface area contributed by atoms with Crippen LogP contribution in [0, 0.1) is 5.82 Å². The van der Waals surface area contributed by atoms with E-state index < -0.39 is 0 Å². The molecule has 2 aliphatic rings. The fraction of sp³-hybridized carbons (Fsp3) is 0.273. The summed E-state index contributed by atoms with van der Waals surface area (Å²) in [5.41, 5.74) is 3.84. The SMILES string of the molecule is Fc1cccc2c1OC(CN1CC=C(c3c[nH]c4ccccc34)CC1)CO2. The molecular formula is C22H21FN2O2. The van der Waals surface area contributed by atoms with E-state index >= 15 is 0 Å². The Balaban J connectivity index is 1.26. The second-order valence-corrected chi connectivity index (χ2v) is 7.10. The van der Waals surface area contributed by atoms with Gasteiger partial charge in [-0.1, -0.05) is 30.3 Å². The lowest BCUT2D eigenvalue weighted by Crippen LogP contribution is -2.42. The zero-order valence-electron chi connectivity index (χ0n) is 15.0. The van der Waals surface area contributed by atoms with Gasteiger partial charge in [0.25, 0.3) is 0 Å². The van der Waals surface area contributed by atoms with Crippen LogP contribution in [0.3, 0.4) is 0 Å². The largest absolute Gasteiger partial charge is 0.486 e. The summed E-state index contributed by atoms with van der Waals surface area (Å²) in [6.07, 6.45) is 5.22. The molecule has 0 radical (unpaired) electrons. The molecule has 0 saturated heterocycles. The zero-order chi connectivity index (χ0) is 18.2. The van der Waals surface area contributed by atoms with Gasteiger partial charge in [0.2, 0.25) is 0 Å². The maximum atomic E-state index is 13.9. The van der Waals surface area contributed by atoms with Gasteiger partial charge in [0, 0.05) is 42.3 Å². The number of hydrogen-bond acceptors (Lipinski definition) is 3. The van der Waals surface area contributed by atoms with Crippen LogP contribution < -0.4 is 9.47 Å². The third-order valence-corrected chi connectivity index (χ3v) is 5.33. The second-order valence-electron chi connectivity index (χ2n) is 7.10. The highest BCUT2D eigenvalue weighted by Gasteiger charge is 2.26. The van der Waals surface area contributed by atoms with E-state index in [0.717, 1.165) is 26.1 Å². The van der Waals surface area contributed by atoms with Crippen molar-refractivity contribution in [3.05, 3.63) is 66.1 Å². The number of nitrogens with one attached hydrogen (secondary N) is 1. The number of fused-ring (bicyclic) bond motifs is 2. The number of aromatic nitrogens is 1. The molecule has 1 N–H and O–H groups in total. The number of halogens is 1. The molecule has 0 amide bonds. The second kappa shape index (κ2) is 6.74. The molecule has 1 atom stereocenters. The lowest BCUT2D eigenvalue weighted by Gasteiger charge is -2.32. The van der Waals surface area contributed by atoms with E-state index in [1.54, 1.807) is 12.1 Å². The van der Waals surface area contributed by atoms with E-state index in [-0.39, 0.29) is 17.7 Å². The molecule has 3 heterocycles. The Morgan fingerprint density at radius 1 is 1.15 bits per heavy atom. The standard InChI is InChI=1S/C22H21FN2O2/c23-19-5-3-7-21-22(19)27-16(14-26-21)13-25-10-8-15(9-11-25)18-12-24-20-6-2-1-4-17(18)20/h1-8,12,16,24H,9-11,13-14H2. The van der Waals surface area contributed by atoms with Crippen LogP contribution in [0.1, 0.15) is 12.0 Å². The van der Waals surface area contributed by atoms with Crippen molar-refractivity contribution < 1.29 is 13.9 Å². The topological polar surface area (TPSA) is 37.5 Å². The predicted molar refractivity (Wildman–Crippen MR) is 104 cm³/mol. The van der Waals surface area contributed by atoms with Crippen molar-refractivity contribution in [3.63, 3.8) is 0 Å². The van der Waals surface area contributed by atoms with Crippen LogP contribution in [0.2, 0.25) is 0 Å². The molecule has 138 valence electrons. The van der Waals surface area contributed by atoms with Crippen molar-refractivity contribution in [2.75, 3.05) is 26.2 Å². The summed E-state index contributed by atoms with van der Waals surface area (Å²) in [6, 6.07) is 13.2. The molecule has 0 aliphatic carbocycles. The predicted octanol–water partition coefficient (Wildman–Crippen LogP) is 4.24. The maximum Gasteiger partial charge on any atom is 0.197 e. The third-order valence-electron chi connectivity index (χ3n) is 5.33. The number of rotatable bonds is 3. The smallest absolute Gasteiger partial charge is 0.197 e. The van der Waals surface area contributed by atoms with Gasteiger partial charge in [0.15, 0.2) is 17.3 Å². The van der Waals surface area contributed by atoms with Crippen LogP contribution in [0.5, 0.6) is 11.5 Å². The zero-order valence-corrected chi connectivity index (χ0v) is 15.0. The number of benzene rings is 2. The summed E-state index contributed by atoms with van der Waals surface area (Å²) in [6.45, 7) is 2.99. The lowest BCUT2D eigenvalue weighted by molar-refractivity contribution is 0.0574. The van der Waals surface area contributed by atoms with Gasteiger partial charge in [-0.05, 0) is 30.2 Å². The Kier molecular flexibility index (Phi) is 4.09. The third kappa shape index (κ3) is 3.08. The number of aromatic amines is 1. The number of hydrogen-bond donors (Lipinski definition) is 1. The lowest BCUT2D eigenvalue weighted by atomic mass is 9.99. The highest BCUT2D eigenvalue weighted by Crippen LogP contribution is 2.34. The van der Waals surface area contributed by atoms with Crippen molar-refractivity contribution in [2.24, 2.45) is 0 Å². The molecular weight excluding hydrogens is 343 g/mol. The molecule has 27 heavy (non-hydrogen) atoms. The van der Waals surface area contributed by atoms with Crippen molar-refractivity contribution in [1.82, 2.24) is 9.88 Å². The molecule has 2 aliphatic heterocycles. The highest BCUT2D eigenvalue weighted by atomic mass is 19.1. The number of H-pyrrole nitrogens is 1. The van der Waals surface area contributed by atoms with Gasteiger partial charge in [-0.25, -0.2) is 4.39 Å². The minimum absolute atomic E-state index is 0.155. The Labute approximate surface area is 157 Å². The minimum atomic E-state index is -0.364. The van der Waals surface area contributed by atoms with Gasteiger partial charge in [-0.15, -0.1) is 0 Å². The first-order valence-electron chi connectivity index (χ1n) is 9.34. The fourth-order valence-electron chi connectivity index (χ4n) is 3.94. The van der Waals surface area contributed by atoms with Gasteiger partial charge < -0.3 is 14.5 Å². The van der Waals surface area contributed by atoms with Crippen LogP contribution in [0.4, 0.5) is 4.39 Å². The average Bonchev–Trinajstić information content (AvgIpc) is 3.13. The molecule has 1 unspecified atom stereocenters. The summed E-state index contributed by atoms with van der Waals surface area (Å²) in [5.74, 6) is 0.365. The van der Waals surface area contributed by atoms with Gasteiger partial charge >= 0.3 is 0 Å². The molecule has 3 aromatic rings. The first-order valence-corrected chi connectivity index (χ1v) is 9.34. The van der Waals surface area contributed by atoms with Crippen molar-refractivity contribution in [1.29, 1.82) is 0 Å². The first-order chi connectivity index (χ1) is 13.3. The van der Waals surface area contributed by atoms with E-state index in [4.69, 9.17) is 9.47 Å². The molecule has 0 bridgehead atoms. The summed E-state index contributed by atoms with van der Waals surface area (Å²) in [4.78, 5) is 5.68. The van der Waals surface area contributed by atoms with Crippen LogP contribution in [-0.2, 0) is 0 Å². The maximum absolute atomic E-state index is 13.9. The van der Waals surface area contributed by atoms with E-state index in [2.05, 4.69) is 40.4 Å². The van der Waals surface area contributed by atoms with E-state index in [9.17, 15) is 4.39 Å². The normalized spacial score (nSPS) is 19.9. The monoisotopic (exact) mass is 364 g/mol. The Bertz CT molecular complexity index is 1010. The summed E-state index contributed by atoms with van der Waals surface area (Å²) >= 11 is 0.